The summed E-state index contributed by atoms with van der Waals surface area (Å²) in [7, 11) is 0. The van der Waals surface area contributed by atoms with Crippen molar-refractivity contribution < 1.29 is 9.21 Å². The fourth-order valence-electron chi connectivity index (χ4n) is 4.22. The molecule has 5 nitrogen and oxygen atoms in total. The number of Topliss-reactive ketones (excluding diaryl/α,β-unsaturated/α-hetero) is 1. The van der Waals surface area contributed by atoms with Gasteiger partial charge >= 0.3 is 5.63 Å². The van der Waals surface area contributed by atoms with Crippen LogP contribution in [0.25, 0.3) is 23.1 Å². The molecule has 0 unspecified atom stereocenters. The second-order valence-electron chi connectivity index (χ2n) is 9.68. The van der Waals surface area contributed by atoms with Gasteiger partial charge < -0.3 is 4.42 Å². The molecular weight excluding hydrogens is 466 g/mol. The normalized spacial score (nSPS) is 14.8. The predicted octanol–water partition coefficient (Wildman–Crippen LogP) is 3.84. The lowest BCUT2D eigenvalue weighted by Gasteiger charge is -2.13. The van der Waals surface area contributed by atoms with Gasteiger partial charge in [-0.3, -0.25) is 14.2 Å². The Kier molecular flexibility index (Phi) is 5.78. The molecule has 1 aliphatic rings. The number of thiazole rings is 1. The van der Waals surface area contributed by atoms with Gasteiger partial charge in [0.25, 0.3) is 5.56 Å². The fourth-order valence-corrected chi connectivity index (χ4v) is 5.98. The zero-order chi connectivity index (χ0) is 24.0. The van der Waals surface area contributed by atoms with E-state index in [1.54, 1.807) is 22.0 Å². The van der Waals surface area contributed by atoms with Gasteiger partial charge in [-0.05, 0) is 65.6 Å². The molecule has 3 aromatic heterocycles. The topological polar surface area (TPSA) is 69.3 Å². The Labute approximate surface area is 204 Å². The van der Waals surface area contributed by atoms with E-state index in [0.29, 0.717) is 14.8 Å². The van der Waals surface area contributed by atoms with Crippen LogP contribution in [0.5, 0.6) is 0 Å². The molecule has 0 saturated carbocycles. The Morgan fingerprint density at radius 1 is 1.15 bits per heavy atom. The molecule has 5 rings (SSSR count). The van der Waals surface area contributed by atoms with Crippen molar-refractivity contribution in [2.24, 2.45) is 5.41 Å². The average Bonchev–Trinajstić information content (AvgIpc) is 3.50. The molecule has 174 valence electrons. The lowest BCUT2D eigenvalue weighted by molar-refractivity contribution is -0.120. The molecule has 0 atom stereocenters. The second kappa shape index (κ2) is 8.64. The maximum atomic E-state index is 13.5. The van der Waals surface area contributed by atoms with E-state index in [0.717, 1.165) is 35.1 Å². The van der Waals surface area contributed by atoms with Crippen molar-refractivity contribution in [2.75, 3.05) is 0 Å². The second-order valence-corrected chi connectivity index (χ2v) is 11.7. The fraction of sp³-hybridized carbons (Fsp3) is 0.296. The molecule has 0 spiro atoms. The number of aryl methyl sites for hydroxylation is 2. The Bertz CT molecular complexity index is 1640. The smallest absolute Gasteiger partial charge is 0.336 e. The monoisotopic (exact) mass is 491 g/mol. The third kappa shape index (κ3) is 4.38. The van der Waals surface area contributed by atoms with Crippen LogP contribution in [0.1, 0.15) is 48.8 Å². The van der Waals surface area contributed by atoms with E-state index in [9.17, 15) is 14.4 Å². The van der Waals surface area contributed by atoms with Gasteiger partial charge in [-0.25, -0.2) is 4.79 Å². The summed E-state index contributed by atoms with van der Waals surface area (Å²) in [5, 5.41) is 2.80. The van der Waals surface area contributed by atoms with Crippen molar-refractivity contribution >= 4 is 51.6 Å². The minimum Gasteiger partial charge on any atom is -0.423 e. The van der Waals surface area contributed by atoms with E-state index in [-0.39, 0.29) is 17.9 Å². The first-order valence-corrected chi connectivity index (χ1v) is 13.0. The highest BCUT2D eigenvalue weighted by Gasteiger charge is 2.20. The number of benzene rings is 1. The number of thiophene rings is 1. The Balaban J connectivity index is 1.71. The zero-order valence-electron chi connectivity index (χ0n) is 19.3. The number of rotatable bonds is 4. The number of hydrogen-bond acceptors (Lipinski definition) is 6. The van der Waals surface area contributed by atoms with E-state index in [2.05, 4.69) is 6.07 Å². The van der Waals surface area contributed by atoms with E-state index >= 15 is 0 Å². The van der Waals surface area contributed by atoms with Gasteiger partial charge in [-0.15, -0.1) is 22.7 Å². The average molecular weight is 492 g/mol. The first-order chi connectivity index (χ1) is 16.2. The molecular formula is C27H25NO4S2. The number of nitrogens with zero attached hydrogens (tertiary/aromatic N) is 1. The summed E-state index contributed by atoms with van der Waals surface area (Å²) in [6.45, 7) is 5.77. The van der Waals surface area contributed by atoms with Crippen molar-refractivity contribution in [2.45, 2.75) is 46.6 Å². The summed E-state index contributed by atoms with van der Waals surface area (Å²) in [5.74, 6) is -0.0552. The van der Waals surface area contributed by atoms with Crippen LogP contribution in [0.2, 0.25) is 0 Å². The molecule has 34 heavy (non-hydrogen) atoms. The highest BCUT2D eigenvalue weighted by molar-refractivity contribution is 7.11. The molecule has 0 saturated heterocycles. The highest BCUT2D eigenvalue weighted by atomic mass is 32.1. The van der Waals surface area contributed by atoms with Crippen LogP contribution in [0.15, 0.2) is 49.7 Å². The van der Waals surface area contributed by atoms with Crippen LogP contribution in [0.3, 0.4) is 0 Å². The summed E-state index contributed by atoms with van der Waals surface area (Å²) in [6, 6.07) is 9.41. The molecule has 0 bridgehead atoms. The first kappa shape index (κ1) is 22.7. The number of carbonyl (C=O) groups excluding carboxylic acids is 1. The van der Waals surface area contributed by atoms with Crippen molar-refractivity contribution in [1.82, 2.24) is 4.57 Å². The zero-order valence-corrected chi connectivity index (χ0v) is 21.0. The molecule has 7 heteroatoms. The van der Waals surface area contributed by atoms with Crippen LogP contribution in [0.4, 0.5) is 0 Å². The van der Waals surface area contributed by atoms with Crippen LogP contribution >= 0.6 is 22.7 Å². The first-order valence-electron chi connectivity index (χ1n) is 11.3. The minimum atomic E-state index is -0.566. The quantitative estimate of drug-likeness (QED) is 0.407. The van der Waals surface area contributed by atoms with E-state index in [1.807, 2.05) is 50.4 Å². The Morgan fingerprint density at radius 2 is 1.91 bits per heavy atom. The highest BCUT2D eigenvalue weighted by Crippen LogP contribution is 2.28. The lowest BCUT2D eigenvalue weighted by Crippen LogP contribution is -2.33. The van der Waals surface area contributed by atoms with E-state index in [4.69, 9.17) is 4.42 Å². The van der Waals surface area contributed by atoms with Gasteiger partial charge in [0.05, 0.1) is 11.1 Å². The minimum absolute atomic E-state index is 0.0552. The molecule has 0 amide bonds. The maximum Gasteiger partial charge on any atom is 0.336 e. The van der Waals surface area contributed by atoms with Gasteiger partial charge in [0.2, 0.25) is 0 Å². The van der Waals surface area contributed by atoms with Gasteiger partial charge in [-0.2, -0.15) is 0 Å². The van der Waals surface area contributed by atoms with Crippen molar-refractivity contribution in [1.29, 1.82) is 0 Å². The third-order valence-corrected chi connectivity index (χ3v) is 8.00. The van der Waals surface area contributed by atoms with E-state index < -0.39 is 11.0 Å². The van der Waals surface area contributed by atoms with Crippen LogP contribution in [0, 0.1) is 5.41 Å². The van der Waals surface area contributed by atoms with E-state index in [1.165, 1.54) is 28.5 Å². The summed E-state index contributed by atoms with van der Waals surface area (Å²) in [6.07, 6.45) is 6.49. The number of hydrogen-bond donors (Lipinski definition) is 0. The number of carbonyl (C=O) groups is 1. The van der Waals surface area contributed by atoms with Gasteiger partial charge in [0.15, 0.2) is 5.78 Å². The summed E-state index contributed by atoms with van der Waals surface area (Å²) in [4.78, 5) is 39.7. The van der Waals surface area contributed by atoms with Gasteiger partial charge in [0.1, 0.15) is 10.2 Å². The summed E-state index contributed by atoms with van der Waals surface area (Å²) in [5.41, 5.74) is 2.58. The summed E-state index contributed by atoms with van der Waals surface area (Å²) < 4.78 is 8.25. The maximum absolute atomic E-state index is 13.5. The molecule has 4 aromatic rings. The van der Waals surface area contributed by atoms with Crippen molar-refractivity contribution in [3.63, 3.8) is 0 Å². The van der Waals surface area contributed by atoms with Crippen molar-refractivity contribution in [3.05, 3.63) is 87.2 Å². The number of fused-ring (bicyclic) bond motifs is 2. The summed E-state index contributed by atoms with van der Waals surface area (Å²) >= 11 is 2.85. The van der Waals surface area contributed by atoms with Crippen LogP contribution in [-0.2, 0) is 24.2 Å². The Hall–Kier alpha value is -3.03. The van der Waals surface area contributed by atoms with Gasteiger partial charge in [0, 0.05) is 27.8 Å². The molecule has 0 N–H and O–H groups in total. The van der Waals surface area contributed by atoms with Gasteiger partial charge in [-0.1, -0.05) is 26.8 Å². The SMILES string of the molecule is CC(C)(C)C(=O)C=c1s/c(=C\c2cccs2)c(=O)n1Cc1cc(=O)oc2cc3c(cc12)CCC3. The molecule has 0 aliphatic heterocycles. The number of ketones is 1. The molecule has 3 heterocycles. The number of aromatic nitrogens is 1. The molecule has 1 aromatic carbocycles. The lowest BCUT2D eigenvalue weighted by atomic mass is 9.91. The third-order valence-electron chi connectivity index (χ3n) is 6.12. The van der Waals surface area contributed by atoms with Crippen molar-refractivity contribution in [3.8, 4) is 0 Å². The molecule has 1 aliphatic carbocycles. The standard InChI is InChI=1S/C27H25NO4S2/c1-27(2,3)23(29)14-24-28(26(31)22(34-24)13-19-8-5-9-33-19)15-18-12-25(30)32-21-11-17-7-4-6-16(17)10-20(18)21/h5,8-14H,4,6-7,15H2,1-3H3/b22-13-,24-14?. The predicted molar refractivity (Wildman–Crippen MR) is 138 cm³/mol. The molecule has 0 radical (unpaired) electrons. The Morgan fingerprint density at radius 3 is 2.62 bits per heavy atom. The van der Waals surface area contributed by atoms with Crippen LogP contribution in [-0.4, -0.2) is 10.4 Å². The molecule has 0 fully saturated rings. The van der Waals surface area contributed by atoms with Crippen LogP contribution < -0.4 is 20.4 Å². The largest absolute Gasteiger partial charge is 0.423 e.